The van der Waals surface area contributed by atoms with E-state index in [9.17, 15) is 0 Å². The highest BCUT2D eigenvalue weighted by atomic mass is 35.5. The number of hydrogen-bond acceptors (Lipinski definition) is 7. The van der Waals surface area contributed by atoms with Crippen LogP contribution in [0, 0.1) is 0 Å². The van der Waals surface area contributed by atoms with Gasteiger partial charge in [0.25, 0.3) is 0 Å². The van der Waals surface area contributed by atoms with Gasteiger partial charge in [-0.1, -0.05) is 29.0 Å². The monoisotopic (exact) mass is 387 g/mol. The molecule has 2 aromatic heterocycles. The first-order chi connectivity index (χ1) is 12.8. The molecule has 1 fully saturated rings. The lowest BCUT2D eigenvalue weighted by molar-refractivity contribution is 0.120. The lowest BCUT2D eigenvalue weighted by atomic mass is 10.2. The van der Waals surface area contributed by atoms with Crippen molar-refractivity contribution in [2.24, 2.45) is 0 Å². The van der Waals surface area contributed by atoms with Crippen LogP contribution in [0.3, 0.4) is 0 Å². The molecule has 4 rings (SSSR count). The Balaban J connectivity index is 1.44. The average Bonchev–Trinajstić information content (AvgIpc) is 3.32. The molecular weight excluding hydrogens is 370 g/mol. The van der Waals surface area contributed by atoms with E-state index in [1.54, 1.807) is 17.5 Å². The third kappa shape index (κ3) is 4.30. The van der Waals surface area contributed by atoms with Crippen molar-refractivity contribution in [1.29, 1.82) is 0 Å². The second-order valence-electron chi connectivity index (χ2n) is 5.95. The van der Waals surface area contributed by atoms with E-state index in [4.69, 9.17) is 16.3 Å². The van der Waals surface area contributed by atoms with Gasteiger partial charge in [0.2, 0.25) is 5.95 Å². The highest BCUT2D eigenvalue weighted by Crippen LogP contribution is 2.28. The molecule has 26 heavy (non-hydrogen) atoms. The third-order valence-electron chi connectivity index (χ3n) is 4.00. The van der Waals surface area contributed by atoms with E-state index in [0.29, 0.717) is 11.0 Å². The SMILES string of the molecule is Clc1cccc(Nc2nccc(-c3cnc(NCC4CCCO4)s3)n2)c1. The third-order valence-corrected chi connectivity index (χ3v) is 5.21. The molecule has 1 aliphatic rings. The fourth-order valence-electron chi connectivity index (χ4n) is 2.73. The van der Waals surface area contributed by atoms with E-state index >= 15 is 0 Å². The van der Waals surface area contributed by atoms with E-state index in [1.807, 2.05) is 36.5 Å². The van der Waals surface area contributed by atoms with E-state index in [2.05, 4.69) is 25.6 Å². The first kappa shape index (κ1) is 17.2. The van der Waals surface area contributed by atoms with Gasteiger partial charge in [-0.15, -0.1) is 0 Å². The molecule has 0 bridgehead atoms. The molecule has 1 saturated heterocycles. The Morgan fingerprint density at radius 2 is 2.23 bits per heavy atom. The standard InChI is InChI=1S/C18H18ClN5OS/c19-12-3-1-4-13(9-12)23-17-20-7-6-15(24-17)16-11-22-18(26-16)21-10-14-5-2-8-25-14/h1,3-4,6-7,9,11,14H,2,5,8,10H2,(H,21,22)(H,20,23,24). The van der Waals surface area contributed by atoms with Gasteiger partial charge >= 0.3 is 0 Å². The molecule has 0 spiro atoms. The molecule has 2 N–H and O–H groups in total. The van der Waals surface area contributed by atoms with Crippen LogP contribution in [0.25, 0.3) is 10.6 Å². The van der Waals surface area contributed by atoms with E-state index in [-0.39, 0.29) is 6.10 Å². The molecule has 0 saturated carbocycles. The van der Waals surface area contributed by atoms with Crippen LogP contribution in [0.15, 0.2) is 42.7 Å². The summed E-state index contributed by atoms with van der Waals surface area (Å²) in [5.41, 5.74) is 1.67. The normalized spacial score (nSPS) is 16.6. The van der Waals surface area contributed by atoms with Gasteiger partial charge in [0.05, 0.1) is 16.7 Å². The van der Waals surface area contributed by atoms with Crippen molar-refractivity contribution in [3.8, 4) is 10.6 Å². The smallest absolute Gasteiger partial charge is 0.227 e. The maximum Gasteiger partial charge on any atom is 0.227 e. The van der Waals surface area contributed by atoms with Gasteiger partial charge in [0.15, 0.2) is 5.13 Å². The van der Waals surface area contributed by atoms with Crippen molar-refractivity contribution < 1.29 is 4.74 Å². The van der Waals surface area contributed by atoms with Crippen LogP contribution in [-0.2, 0) is 4.74 Å². The summed E-state index contributed by atoms with van der Waals surface area (Å²) in [7, 11) is 0. The van der Waals surface area contributed by atoms with E-state index in [1.165, 1.54) is 0 Å². The van der Waals surface area contributed by atoms with E-state index in [0.717, 1.165) is 47.4 Å². The summed E-state index contributed by atoms with van der Waals surface area (Å²) in [6.07, 6.45) is 6.09. The molecule has 6 nitrogen and oxygen atoms in total. The van der Waals surface area contributed by atoms with Crippen molar-refractivity contribution in [2.75, 3.05) is 23.8 Å². The summed E-state index contributed by atoms with van der Waals surface area (Å²) < 4.78 is 5.62. The number of aromatic nitrogens is 3. The Labute approximate surface area is 160 Å². The summed E-state index contributed by atoms with van der Waals surface area (Å²) in [5, 5.41) is 8.05. The van der Waals surface area contributed by atoms with Gasteiger partial charge in [-0.2, -0.15) is 0 Å². The Kier molecular flexibility index (Phi) is 5.29. The maximum atomic E-state index is 6.01. The number of ether oxygens (including phenoxy) is 1. The number of hydrogen-bond donors (Lipinski definition) is 2. The lowest BCUT2D eigenvalue weighted by Crippen LogP contribution is -2.18. The molecule has 1 atom stereocenters. The number of nitrogens with zero attached hydrogens (tertiary/aromatic N) is 3. The molecule has 0 aliphatic carbocycles. The van der Waals surface area contributed by atoms with Gasteiger partial charge in [-0.05, 0) is 37.1 Å². The number of rotatable bonds is 6. The Morgan fingerprint density at radius 1 is 1.27 bits per heavy atom. The topological polar surface area (TPSA) is 72.0 Å². The Bertz CT molecular complexity index is 881. The van der Waals surface area contributed by atoms with Gasteiger partial charge in [0.1, 0.15) is 0 Å². The van der Waals surface area contributed by atoms with Crippen LogP contribution < -0.4 is 10.6 Å². The molecule has 0 radical (unpaired) electrons. The number of anilines is 3. The van der Waals surface area contributed by atoms with Crippen LogP contribution in [0.1, 0.15) is 12.8 Å². The predicted molar refractivity (Wildman–Crippen MR) is 105 cm³/mol. The largest absolute Gasteiger partial charge is 0.376 e. The molecular formula is C18H18ClN5OS. The van der Waals surface area contributed by atoms with E-state index < -0.39 is 0 Å². The Hall–Kier alpha value is -2.22. The average molecular weight is 388 g/mol. The molecule has 1 unspecified atom stereocenters. The highest BCUT2D eigenvalue weighted by Gasteiger charge is 2.16. The van der Waals surface area contributed by atoms with Crippen molar-refractivity contribution in [1.82, 2.24) is 15.0 Å². The second-order valence-corrected chi connectivity index (χ2v) is 7.41. The first-order valence-corrected chi connectivity index (χ1v) is 9.63. The van der Waals surface area contributed by atoms with Crippen LogP contribution in [-0.4, -0.2) is 34.2 Å². The summed E-state index contributed by atoms with van der Waals surface area (Å²) in [6, 6.07) is 9.33. The zero-order valence-corrected chi connectivity index (χ0v) is 15.6. The second kappa shape index (κ2) is 7.99. The van der Waals surface area contributed by atoms with Crippen molar-refractivity contribution in [2.45, 2.75) is 18.9 Å². The number of halogens is 1. The summed E-state index contributed by atoms with van der Waals surface area (Å²) >= 11 is 7.58. The highest BCUT2D eigenvalue weighted by molar-refractivity contribution is 7.18. The van der Waals surface area contributed by atoms with Crippen LogP contribution in [0.4, 0.5) is 16.8 Å². The summed E-state index contributed by atoms with van der Waals surface area (Å²) in [5.74, 6) is 0.520. The molecule has 8 heteroatoms. The molecule has 3 aromatic rings. The van der Waals surface area contributed by atoms with Gasteiger partial charge in [0, 0.05) is 36.3 Å². The molecule has 134 valence electrons. The summed E-state index contributed by atoms with van der Waals surface area (Å²) in [4.78, 5) is 14.3. The fraction of sp³-hybridized carbons (Fsp3) is 0.278. The lowest BCUT2D eigenvalue weighted by Gasteiger charge is -2.09. The molecule has 1 aliphatic heterocycles. The minimum Gasteiger partial charge on any atom is -0.376 e. The minimum atomic E-state index is 0.287. The fourth-order valence-corrected chi connectivity index (χ4v) is 3.72. The zero-order chi connectivity index (χ0) is 17.8. The Morgan fingerprint density at radius 3 is 3.08 bits per heavy atom. The van der Waals surface area contributed by atoms with Crippen LogP contribution in [0.2, 0.25) is 5.02 Å². The quantitative estimate of drug-likeness (QED) is 0.644. The van der Waals surface area contributed by atoms with Crippen LogP contribution in [0.5, 0.6) is 0 Å². The van der Waals surface area contributed by atoms with Gasteiger partial charge < -0.3 is 15.4 Å². The zero-order valence-electron chi connectivity index (χ0n) is 14.0. The van der Waals surface area contributed by atoms with Crippen molar-refractivity contribution >= 4 is 39.7 Å². The predicted octanol–water partition coefficient (Wildman–Crippen LogP) is 4.59. The maximum absolute atomic E-state index is 6.01. The molecule has 0 amide bonds. The molecule has 1 aromatic carbocycles. The van der Waals surface area contributed by atoms with Crippen LogP contribution >= 0.6 is 22.9 Å². The molecule has 3 heterocycles. The first-order valence-electron chi connectivity index (χ1n) is 8.43. The summed E-state index contributed by atoms with van der Waals surface area (Å²) in [6.45, 7) is 1.65. The van der Waals surface area contributed by atoms with Crippen molar-refractivity contribution in [3.63, 3.8) is 0 Å². The van der Waals surface area contributed by atoms with Gasteiger partial charge in [-0.3, -0.25) is 0 Å². The minimum absolute atomic E-state index is 0.287. The van der Waals surface area contributed by atoms with Gasteiger partial charge in [-0.25, -0.2) is 15.0 Å². The van der Waals surface area contributed by atoms with Crippen molar-refractivity contribution in [3.05, 3.63) is 47.7 Å². The number of thiazole rings is 1. The number of nitrogens with one attached hydrogen (secondary N) is 2. The number of benzene rings is 1.